The Labute approximate surface area is 146 Å². The Bertz CT molecular complexity index is 531. The van der Waals surface area contributed by atoms with Crippen molar-refractivity contribution in [2.75, 3.05) is 39.3 Å². The van der Waals surface area contributed by atoms with E-state index in [1.807, 2.05) is 0 Å². The van der Waals surface area contributed by atoms with Crippen molar-refractivity contribution in [2.45, 2.75) is 45.1 Å². The normalized spacial score (nSPS) is 20.4. The molecule has 24 heavy (non-hydrogen) atoms. The fraction of sp³-hybridized carbons (Fsp3) is 0.650. The van der Waals surface area contributed by atoms with Gasteiger partial charge in [0, 0.05) is 38.8 Å². The molecule has 1 amide bonds. The molecule has 1 N–H and O–H groups in total. The van der Waals surface area contributed by atoms with Crippen LogP contribution >= 0.6 is 0 Å². The fourth-order valence-corrected chi connectivity index (χ4v) is 4.04. The van der Waals surface area contributed by atoms with Gasteiger partial charge in [-0.1, -0.05) is 37.1 Å². The van der Waals surface area contributed by atoms with Gasteiger partial charge in [0.2, 0.25) is 5.91 Å². The molecule has 0 aromatic heterocycles. The smallest absolute Gasteiger partial charge is 0.234 e. The molecule has 4 heteroatoms. The van der Waals surface area contributed by atoms with Crippen molar-refractivity contribution in [3.8, 4) is 0 Å². The summed E-state index contributed by atoms with van der Waals surface area (Å²) in [4.78, 5) is 17.1. The molecule has 0 atom stereocenters. The van der Waals surface area contributed by atoms with E-state index < -0.39 is 0 Å². The van der Waals surface area contributed by atoms with Crippen molar-refractivity contribution in [3.05, 3.63) is 35.4 Å². The van der Waals surface area contributed by atoms with E-state index in [1.165, 1.54) is 36.8 Å². The second-order valence-corrected chi connectivity index (χ2v) is 7.28. The number of piperazine rings is 1. The molecular weight excluding hydrogens is 298 g/mol. The zero-order valence-corrected chi connectivity index (χ0v) is 15.0. The van der Waals surface area contributed by atoms with Gasteiger partial charge in [-0.15, -0.1) is 0 Å². The maximum absolute atomic E-state index is 12.2. The number of benzene rings is 1. The van der Waals surface area contributed by atoms with E-state index in [4.69, 9.17) is 0 Å². The molecule has 132 valence electrons. The van der Waals surface area contributed by atoms with Gasteiger partial charge in [0.15, 0.2) is 0 Å². The molecule has 4 nitrogen and oxygen atoms in total. The highest BCUT2D eigenvalue weighted by Gasteiger charge is 2.26. The van der Waals surface area contributed by atoms with Crippen LogP contribution in [0.1, 0.15) is 36.8 Å². The summed E-state index contributed by atoms with van der Waals surface area (Å²) < 4.78 is 0. The van der Waals surface area contributed by atoms with Crippen molar-refractivity contribution in [1.82, 2.24) is 15.1 Å². The van der Waals surface area contributed by atoms with Crippen LogP contribution in [0.4, 0.5) is 0 Å². The number of rotatable bonds is 6. The Hall–Kier alpha value is -1.39. The number of hydrogen-bond donors (Lipinski definition) is 1. The summed E-state index contributed by atoms with van der Waals surface area (Å²) in [6, 6.07) is 9.21. The summed E-state index contributed by atoms with van der Waals surface area (Å²) >= 11 is 0. The Morgan fingerprint density at radius 3 is 2.54 bits per heavy atom. The largest absolute Gasteiger partial charge is 0.355 e. The highest BCUT2D eigenvalue weighted by atomic mass is 16.2. The quantitative estimate of drug-likeness (QED) is 0.869. The van der Waals surface area contributed by atoms with Gasteiger partial charge >= 0.3 is 0 Å². The van der Waals surface area contributed by atoms with Crippen molar-refractivity contribution in [2.24, 2.45) is 0 Å². The van der Waals surface area contributed by atoms with E-state index in [9.17, 15) is 4.79 Å². The summed E-state index contributed by atoms with van der Waals surface area (Å²) in [6.07, 6.45) is 6.45. The summed E-state index contributed by atoms with van der Waals surface area (Å²) in [5, 5.41) is 3.08. The number of carbonyl (C=O) groups is 1. The zero-order chi connectivity index (χ0) is 16.8. The van der Waals surface area contributed by atoms with Gasteiger partial charge in [-0.2, -0.15) is 0 Å². The lowest BCUT2D eigenvalue weighted by molar-refractivity contribution is -0.122. The number of nitrogens with one attached hydrogen (secondary N) is 1. The number of aryl methyl sites for hydroxylation is 1. The molecule has 0 unspecified atom stereocenters. The first-order chi connectivity index (χ1) is 11.7. The molecule has 0 radical (unpaired) electrons. The summed E-state index contributed by atoms with van der Waals surface area (Å²) in [5.41, 5.74) is 2.62. The van der Waals surface area contributed by atoms with E-state index in [0.717, 1.165) is 45.2 Å². The molecule has 1 aromatic carbocycles. The van der Waals surface area contributed by atoms with Gasteiger partial charge in [0.1, 0.15) is 0 Å². The lowest BCUT2D eigenvalue weighted by atomic mass is 10.1. The average molecular weight is 329 g/mol. The molecule has 2 aliphatic rings. The van der Waals surface area contributed by atoms with Gasteiger partial charge < -0.3 is 5.32 Å². The molecule has 0 bridgehead atoms. The number of carbonyl (C=O) groups excluding carboxylic acids is 1. The minimum absolute atomic E-state index is 0.165. The van der Waals surface area contributed by atoms with Crippen LogP contribution in [0.15, 0.2) is 24.3 Å². The molecule has 2 fully saturated rings. The van der Waals surface area contributed by atoms with Crippen LogP contribution < -0.4 is 5.32 Å². The predicted octanol–water partition coefficient (Wildman–Crippen LogP) is 2.21. The average Bonchev–Trinajstić information content (AvgIpc) is 3.12. The molecule has 1 saturated carbocycles. The van der Waals surface area contributed by atoms with Crippen LogP contribution in [0.5, 0.6) is 0 Å². The SMILES string of the molecule is Cc1ccccc1CCNC(=O)CN1CCN(C2CCCC2)CC1. The van der Waals surface area contributed by atoms with Crippen LogP contribution in [0.3, 0.4) is 0 Å². The lowest BCUT2D eigenvalue weighted by Crippen LogP contribution is -2.51. The first-order valence-electron chi connectivity index (χ1n) is 9.50. The minimum Gasteiger partial charge on any atom is -0.355 e. The topological polar surface area (TPSA) is 35.6 Å². The standard InChI is InChI=1S/C20H31N3O/c1-17-6-2-3-7-18(17)10-11-21-20(24)16-22-12-14-23(15-13-22)19-8-4-5-9-19/h2-3,6-7,19H,4-5,8-16H2,1H3,(H,21,24). The zero-order valence-electron chi connectivity index (χ0n) is 15.0. The molecule has 1 aliphatic carbocycles. The monoisotopic (exact) mass is 329 g/mol. The lowest BCUT2D eigenvalue weighted by Gasteiger charge is -2.37. The molecule has 1 saturated heterocycles. The van der Waals surface area contributed by atoms with Crippen LogP contribution in [-0.4, -0.2) is 61.0 Å². The fourth-order valence-electron chi connectivity index (χ4n) is 4.04. The van der Waals surface area contributed by atoms with Crippen molar-refractivity contribution >= 4 is 5.91 Å². The van der Waals surface area contributed by atoms with Gasteiger partial charge in [0.25, 0.3) is 0 Å². The van der Waals surface area contributed by atoms with Crippen LogP contribution in [-0.2, 0) is 11.2 Å². The number of amides is 1. The molecule has 1 aliphatic heterocycles. The van der Waals surface area contributed by atoms with Crippen LogP contribution in [0.25, 0.3) is 0 Å². The van der Waals surface area contributed by atoms with Gasteiger partial charge in [-0.3, -0.25) is 14.6 Å². The predicted molar refractivity (Wildman–Crippen MR) is 98.2 cm³/mol. The molecule has 1 heterocycles. The Morgan fingerprint density at radius 1 is 1.12 bits per heavy atom. The second kappa shape index (κ2) is 8.63. The minimum atomic E-state index is 0.165. The van der Waals surface area contributed by atoms with Crippen molar-refractivity contribution in [1.29, 1.82) is 0 Å². The van der Waals surface area contributed by atoms with E-state index >= 15 is 0 Å². The van der Waals surface area contributed by atoms with Gasteiger partial charge in [-0.25, -0.2) is 0 Å². The van der Waals surface area contributed by atoms with E-state index in [0.29, 0.717) is 6.54 Å². The number of nitrogens with zero attached hydrogens (tertiary/aromatic N) is 2. The van der Waals surface area contributed by atoms with Crippen LogP contribution in [0.2, 0.25) is 0 Å². The maximum atomic E-state index is 12.2. The Balaban J connectivity index is 1.33. The Kier molecular flexibility index (Phi) is 6.27. The molecule has 3 rings (SSSR count). The van der Waals surface area contributed by atoms with E-state index in [-0.39, 0.29) is 5.91 Å². The second-order valence-electron chi connectivity index (χ2n) is 7.28. The van der Waals surface area contributed by atoms with Gasteiger partial charge in [0.05, 0.1) is 6.54 Å². The summed E-state index contributed by atoms with van der Waals surface area (Å²) in [5.74, 6) is 0.165. The number of hydrogen-bond acceptors (Lipinski definition) is 3. The third kappa shape index (κ3) is 4.81. The molecular formula is C20H31N3O. The first-order valence-corrected chi connectivity index (χ1v) is 9.50. The first kappa shape index (κ1) is 17.4. The molecule has 0 spiro atoms. The molecule has 1 aromatic rings. The van der Waals surface area contributed by atoms with Crippen molar-refractivity contribution in [3.63, 3.8) is 0 Å². The third-order valence-corrected chi connectivity index (χ3v) is 5.59. The Morgan fingerprint density at radius 2 is 1.83 bits per heavy atom. The van der Waals surface area contributed by atoms with E-state index in [1.54, 1.807) is 0 Å². The van der Waals surface area contributed by atoms with Crippen molar-refractivity contribution < 1.29 is 4.79 Å². The maximum Gasteiger partial charge on any atom is 0.234 e. The van der Waals surface area contributed by atoms with Crippen LogP contribution in [0, 0.1) is 6.92 Å². The van der Waals surface area contributed by atoms with Gasteiger partial charge in [-0.05, 0) is 37.3 Å². The summed E-state index contributed by atoms with van der Waals surface area (Å²) in [7, 11) is 0. The highest BCUT2D eigenvalue weighted by molar-refractivity contribution is 5.78. The highest BCUT2D eigenvalue weighted by Crippen LogP contribution is 2.24. The summed E-state index contributed by atoms with van der Waals surface area (Å²) in [6.45, 7) is 7.71. The third-order valence-electron chi connectivity index (χ3n) is 5.59. The van der Waals surface area contributed by atoms with E-state index in [2.05, 4.69) is 46.3 Å².